The van der Waals surface area contributed by atoms with Gasteiger partial charge in [-0.2, -0.15) is 0 Å². The van der Waals surface area contributed by atoms with Crippen LogP contribution >= 0.6 is 0 Å². The number of rotatable bonds is 4. The van der Waals surface area contributed by atoms with Gasteiger partial charge in [0.2, 0.25) is 0 Å². The van der Waals surface area contributed by atoms with Crippen LogP contribution in [0.1, 0.15) is 27.7 Å². The molecule has 0 heterocycles. The van der Waals surface area contributed by atoms with Gasteiger partial charge in [0.15, 0.2) is 0 Å². The van der Waals surface area contributed by atoms with Crippen LogP contribution in [0.25, 0.3) is 0 Å². The van der Waals surface area contributed by atoms with Crippen molar-refractivity contribution in [2.24, 2.45) is 0 Å². The van der Waals surface area contributed by atoms with Crippen LogP contribution in [0.5, 0.6) is 0 Å². The summed E-state index contributed by atoms with van der Waals surface area (Å²) in [6.07, 6.45) is 0. The minimum Gasteiger partial charge on any atom is -0.468 e. The summed E-state index contributed by atoms with van der Waals surface area (Å²) in [4.78, 5) is 13.2. The molecule has 0 aromatic rings. The first-order chi connectivity index (χ1) is 5.54. The Hall–Kier alpha value is -0.570. The van der Waals surface area contributed by atoms with Gasteiger partial charge >= 0.3 is 5.97 Å². The zero-order valence-corrected chi connectivity index (χ0v) is 8.63. The Balaban J connectivity index is 4.20. The van der Waals surface area contributed by atoms with Crippen LogP contribution in [-0.4, -0.2) is 36.6 Å². The maximum absolute atomic E-state index is 11.2. The molecule has 1 unspecified atom stereocenters. The van der Waals surface area contributed by atoms with Gasteiger partial charge in [0, 0.05) is 6.04 Å². The van der Waals surface area contributed by atoms with Crippen molar-refractivity contribution in [3.8, 4) is 0 Å². The first-order valence-corrected chi connectivity index (χ1v) is 4.38. The fraction of sp³-hybridized carbons (Fsp3) is 0.889. The van der Waals surface area contributed by atoms with Gasteiger partial charge in [-0.25, -0.2) is 0 Å². The van der Waals surface area contributed by atoms with E-state index in [-0.39, 0.29) is 12.0 Å². The van der Waals surface area contributed by atoms with Crippen LogP contribution in [0, 0.1) is 0 Å². The fourth-order valence-electron chi connectivity index (χ4n) is 1.39. The standard InChI is InChI=1S/C9H19NO2/c1-6-10(7(2)3)8(4)9(11)12-5/h7-8H,6H2,1-5H3. The largest absolute Gasteiger partial charge is 0.468 e. The number of nitrogens with zero attached hydrogens (tertiary/aromatic N) is 1. The van der Waals surface area contributed by atoms with Crippen LogP contribution in [0.4, 0.5) is 0 Å². The summed E-state index contributed by atoms with van der Waals surface area (Å²) in [5.41, 5.74) is 0. The smallest absolute Gasteiger partial charge is 0.322 e. The lowest BCUT2D eigenvalue weighted by Crippen LogP contribution is -2.43. The maximum atomic E-state index is 11.2. The molecular formula is C9H19NO2. The van der Waals surface area contributed by atoms with E-state index in [1.165, 1.54) is 7.11 Å². The third kappa shape index (κ3) is 2.81. The lowest BCUT2D eigenvalue weighted by atomic mass is 10.2. The van der Waals surface area contributed by atoms with Crippen LogP contribution in [-0.2, 0) is 9.53 Å². The highest BCUT2D eigenvalue weighted by Crippen LogP contribution is 2.05. The molecule has 1 atom stereocenters. The summed E-state index contributed by atoms with van der Waals surface area (Å²) >= 11 is 0. The molecule has 0 saturated heterocycles. The number of methoxy groups -OCH3 is 1. The molecule has 12 heavy (non-hydrogen) atoms. The van der Waals surface area contributed by atoms with Crippen LogP contribution in [0.15, 0.2) is 0 Å². The van der Waals surface area contributed by atoms with E-state index in [0.717, 1.165) is 6.54 Å². The summed E-state index contributed by atoms with van der Waals surface area (Å²) in [7, 11) is 1.42. The molecule has 0 aliphatic heterocycles. The minimum absolute atomic E-state index is 0.139. The summed E-state index contributed by atoms with van der Waals surface area (Å²) in [6.45, 7) is 8.93. The lowest BCUT2D eigenvalue weighted by Gasteiger charge is -2.29. The molecule has 0 rings (SSSR count). The van der Waals surface area contributed by atoms with E-state index in [0.29, 0.717) is 6.04 Å². The lowest BCUT2D eigenvalue weighted by molar-refractivity contribution is -0.147. The number of carbonyl (C=O) groups excluding carboxylic acids is 1. The first-order valence-electron chi connectivity index (χ1n) is 4.38. The normalized spacial score (nSPS) is 13.6. The molecule has 0 aliphatic rings. The van der Waals surface area contributed by atoms with Crippen molar-refractivity contribution >= 4 is 5.97 Å². The zero-order valence-electron chi connectivity index (χ0n) is 8.63. The molecule has 0 saturated carbocycles. The highest BCUT2D eigenvalue weighted by Gasteiger charge is 2.22. The Bertz CT molecular complexity index is 145. The summed E-state index contributed by atoms with van der Waals surface area (Å²) in [6, 6.07) is 0.240. The SMILES string of the molecule is CCN(C(C)C)C(C)C(=O)OC. The second-order valence-electron chi connectivity index (χ2n) is 3.12. The number of likely N-dealkylation sites (N-methyl/N-ethyl adjacent to an activating group) is 1. The predicted molar refractivity (Wildman–Crippen MR) is 49.0 cm³/mol. The van der Waals surface area contributed by atoms with Gasteiger partial charge in [0.25, 0.3) is 0 Å². The molecule has 0 bridgehead atoms. The molecule has 3 heteroatoms. The predicted octanol–water partition coefficient (Wildman–Crippen LogP) is 1.28. The van der Waals surface area contributed by atoms with Crippen molar-refractivity contribution in [2.45, 2.75) is 39.8 Å². The van der Waals surface area contributed by atoms with E-state index >= 15 is 0 Å². The first kappa shape index (κ1) is 11.4. The quantitative estimate of drug-likeness (QED) is 0.600. The van der Waals surface area contributed by atoms with Crippen molar-refractivity contribution in [3.05, 3.63) is 0 Å². The van der Waals surface area contributed by atoms with Crippen molar-refractivity contribution in [1.29, 1.82) is 0 Å². The van der Waals surface area contributed by atoms with Crippen molar-refractivity contribution in [1.82, 2.24) is 4.90 Å². The molecule has 0 fully saturated rings. The van der Waals surface area contributed by atoms with Crippen LogP contribution in [0.2, 0.25) is 0 Å². The summed E-state index contributed by atoms with van der Waals surface area (Å²) in [5.74, 6) is -0.162. The number of hydrogen-bond acceptors (Lipinski definition) is 3. The van der Waals surface area contributed by atoms with E-state index < -0.39 is 0 Å². The zero-order chi connectivity index (χ0) is 9.72. The van der Waals surface area contributed by atoms with Gasteiger partial charge in [0.05, 0.1) is 7.11 Å². The number of esters is 1. The topological polar surface area (TPSA) is 29.5 Å². The maximum Gasteiger partial charge on any atom is 0.322 e. The Morgan fingerprint density at radius 2 is 1.92 bits per heavy atom. The Labute approximate surface area is 74.7 Å². The summed E-state index contributed by atoms with van der Waals surface area (Å²) < 4.78 is 4.66. The van der Waals surface area contributed by atoms with E-state index in [1.807, 2.05) is 13.8 Å². The van der Waals surface area contributed by atoms with Gasteiger partial charge in [-0.1, -0.05) is 6.92 Å². The molecule has 0 N–H and O–H groups in total. The molecule has 0 aromatic carbocycles. The summed E-state index contributed by atoms with van der Waals surface area (Å²) in [5, 5.41) is 0. The van der Waals surface area contributed by atoms with E-state index in [4.69, 9.17) is 0 Å². The van der Waals surface area contributed by atoms with Gasteiger partial charge in [0.1, 0.15) is 6.04 Å². The van der Waals surface area contributed by atoms with Crippen LogP contribution < -0.4 is 0 Å². The highest BCUT2D eigenvalue weighted by molar-refractivity contribution is 5.75. The Kier molecular flexibility index (Phi) is 4.90. The van der Waals surface area contributed by atoms with Crippen LogP contribution in [0.3, 0.4) is 0 Å². The van der Waals surface area contributed by atoms with E-state index in [1.54, 1.807) is 0 Å². The number of hydrogen-bond donors (Lipinski definition) is 0. The molecule has 0 aliphatic carbocycles. The second kappa shape index (κ2) is 5.14. The average molecular weight is 173 g/mol. The molecule has 0 radical (unpaired) electrons. The van der Waals surface area contributed by atoms with Gasteiger partial charge in [-0.15, -0.1) is 0 Å². The van der Waals surface area contributed by atoms with E-state index in [2.05, 4.69) is 23.5 Å². The minimum atomic E-state index is -0.162. The molecule has 0 aromatic heterocycles. The van der Waals surface area contributed by atoms with Gasteiger partial charge in [-0.05, 0) is 27.3 Å². The Morgan fingerprint density at radius 3 is 2.17 bits per heavy atom. The van der Waals surface area contributed by atoms with Crippen molar-refractivity contribution < 1.29 is 9.53 Å². The molecule has 0 amide bonds. The van der Waals surface area contributed by atoms with Crippen molar-refractivity contribution in [2.75, 3.05) is 13.7 Å². The molecule has 72 valence electrons. The van der Waals surface area contributed by atoms with E-state index in [9.17, 15) is 4.79 Å². The fourth-order valence-corrected chi connectivity index (χ4v) is 1.39. The second-order valence-corrected chi connectivity index (χ2v) is 3.12. The molecular weight excluding hydrogens is 154 g/mol. The van der Waals surface area contributed by atoms with Gasteiger partial charge in [-0.3, -0.25) is 9.69 Å². The number of ether oxygens (including phenoxy) is 1. The molecule has 0 spiro atoms. The third-order valence-corrected chi connectivity index (χ3v) is 2.07. The highest BCUT2D eigenvalue weighted by atomic mass is 16.5. The average Bonchev–Trinajstić information content (AvgIpc) is 2.03. The van der Waals surface area contributed by atoms with Gasteiger partial charge < -0.3 is 4.74 Å². The molecule has 3 nitrogen and oxygen atoms in total. The Morgan fingerprint density at radius 1 is 1.42 bits per heavy atom. The monoisotopic (exact) mass is 173 g/mol. The third-order valence-electron chi connectivity index (χ3n) is 2.07. The number of carbonyl (C=O) groups is 1. The van der Waals surface area contributed by atoms with Crippen molar-refractivity contribution in [3.63, 3.8) is 0 Å².